The Labute approximate surface area is 105 Å². The summed E-state index contributed by atoms with van der Waals surface area (Å²) in [5.41, 5.74) is 1.14. The molecule has 2 fully saturated rings. The van der Waals surface area contributed by atoms with E-state index in [0.717, 1.165) is 18.5 Å². The molecule has 3 rings (SSSR count). The molecular formula is C14H15NO3. The number of carboxylic acids is 1. The van der Waals surface area contributed by atoms with Crippen LogP contribution in [0.25, 0.3) is 0 Å². The summed E-state index contributed by atoms with van der Waals surface area (Å²) < 4.78 is 0. The quantitative estimate of drug-likeness (QED) is 0.881. The number of aliphatic carboxylic acids is 1. The van der Waals surface area contributed by atoms with Gasteiger partial charge >= 0.3 is 5.97 Å². The predicted octanol–water partition coefficient (Wildman–Crippen LogP) is 1.68. The van der Waals surface area contributed by atoms with E-state index in [1.54, 1.807) is 0 Å². The van der Waals surface area contributed by atoms with Crippen LogP contribution >= 0.6 is 0 Å². The fourth-order valence-corrected chi connectivity index (χ4v) is 2.63. The first-order valence-electron chi connectivity index (χ1n) is 6.26. The molecule has 18 heavy (non-hydrogen) atoms. The summed E-state index contributed by atoms with van der Waals surface area (Å²) >= 11 is 0. The first-order chi connectivity index (χ1) is 8.68. The first kappa shape index (κ1) is 11.3. The van der Waals surface area contributed by atoms with Crippen LogP contribution in [0.3, 0.4) is 0 Å². The highest BCUT2D eigenvalue weighted by Crippen LogP contribution is 2.44. The van der Waals surface area contributed by atoms with E-state index in [0.29, 0.717) is 6.42 Å². The molecule has 0 radical (unpaired) electrons. The van der Waals surface area contributed by atoms with Crippen LogP contribution < -0.4 is 0 Å². The Morgan fingerprint density at radius 2 is 1.89 bits per heavy atom. The Morgan fingerprint density at radius 3 is 2.39 bits per heavy atom. The number of hydrogen-bond donors (Lipinski definition) is 1. The molecule has 94 valence electrons. The molecule has 4 heteroatoms. The third-order valence-electron chi connectivity index (χ3n) is 3.91. The summed E-state index contributed by atoms with van der Waals surface area (Å²) in [5, 5.41) is 8.86. The molecule has 1 saturated carbocycles. The van der Waals surface area contributed by atoms with E-state index in [1.807, 2.05) is 35.2 Å². The van der Waals surface area contributed by atoms with E-state index < -0.39 is 11.9 Å². The zero-order valence-electron chi connectivity index (χ0n) is 9.95. The van der Waals surface area contributed by atoms with Gasteiger partial charge in [-0.2, -0.15) is 0 Å². The third-order valence-corrected chi connectivity index (χ3v) is 3.91. The van der Waals surface area contributed by atoms with Gasteiger partial charge in [0, 0.05) is 6.54 Å². The fraction of sp³-hybridized carbons (Fsp3) is 0.429. The average Bonchev–Trinajstić information content (AvgIpc) is 3.08. The lowest BCUT2D eigenvalue weighted by Crippen LogP contribution is -2.46. The standard InChI is InChI=1S/C14H15NO3/c16-13(10-8-11(10)14(17)18)15-7-6-12(15)9-4-2-1-3-5-9/h1-5,10-12H,6-8H2,(H,17,18). The van der Waals surface area contributed by atoms with Crippen LogP contribution in [0.5, 0.6) is 0 Å². The lowest BCUT2D eigenvalue weighted by Gasteiger charge is -2.41. The van der Waals surface area contributed by atoms with E-state index >= 15 is 0 Å². The van der Waals surface area contributed by atoms with Crippen LogP contribution in [0.2, 0.25) is 0 Å². The number of likely N-dealkylation sites (tertiary alicyclic amines) is 1. The summed E-state index contributed by atoms with van der Waals surface area (Å²) in [6, 6.07) is 10.1. The van der Waals surface area contributed by atoms with Crippen molar-refractivity contribution in [3.05, 3.63) is 35.9 Å². The van der Waals surface area contributed by atoms with Crippen molar-refractivity contribution >= 4 is 11.9 Å². The highest BCUT2D eigenvalue weighted by atomic mass is 16.4. The molecule has 1 aromatic carbocycles. The highest BCUT2D eigenvalue weighted by molar-refractivity contribution is 5.90. The summed E-state index contributed by atoms with van der Waals surface area (Å²) in [6.07, 6.45) is 1.48. The minimum Gasteiger partial charge on any atom is -0.481 e. The molecule has 1 aliphatic heterocycles. The van der Waals surface area contributed by atoms with Crippen molar-refractivity contribution in [3.8, 4) is 0 Å². The zero-order chi connectivity index (χ0) is 12.7. The molecule has 1 heterocycles. The maximum absolute atomic E-state index is 12.1. The summed E-state index contributed by atoms with van der Waals surface area (Å²) in [7, 11) is 0. The minimum absolute atomic E-state index is 0.0162. The van der Waals surface area contributed by atoms with Gasteiger partial charge in [0.2, 0.25) is 5.91 Å². The zero-order valence-corrected chi connectivity index (χ0v) is 9.95. The van der Waals surface area contributed by atoms with Crippen molar-refractivity contribution in [1.29, 1.82) is 0 Å². The van der Waals surface area contributed by atoms with E-state index in [1.165, 1.54) is 0 Å². The highest BCUT2D eigenvalue weighted by Gasteiger charge is 2.52. The topological polar surface area (TPSA) is 57.6 Å². The van der Waals surface area contributed by atoms with E-state index in [2.05, 4.69) is 0 Å². The number of amides is 1. The molecule has 0 aromatic heterocycles. The minimum atomic E-state index is -0.842. The molecule has 0 bridgehead atoms. The molecule has 3 atom stereocenters. The summed E-state index contributed by atoms with van der Waals surface area (Å²) in [5.74, 6) is -1.56. The molecule has 1 amide bonds. The van der Waals surface area contributed by atoms with Gasteiger partial charge in [0.15, 0.2) is 0 Å². The Kier molecular flexibility index (Phi) is 2.58. The number of hydrogen-bond acceptors (Lipinski definition) is 2. The maximum Gasteiger partial charge on any atom is 0.307 e. The van der Waals surface area contributed by atoms with Crippen molar-refractivity contribution in [1.82, 2.24) is 4.90 Å². The molecule has 1 aromatic rings. The van der Waals surface area contributed by atoms with Crippen LogP contribution in [-0.4, -0.2) is 28.4 Å². The van der Waals surface area contributed by atoms with Gasteiger partial charge < -0.3 is 10.0 Å². The molecule has 1 saturated heterocycles. The Hall–Kier alpha value is -1.84. The maximum atomic E-state index is 12.1. The van der Waals surface area contributed by atoms with Gasteiger partial charge in [-0.15, -0.1) is 0 Å². The van der Waals surface area contributed by atoms with Crippen LogP contribution in [0.1, 0.15) is 24.4 Å². The summed E-state index contributed by atoms with van der Waals surface area (Å²) in [6.45, 7) is 0.751. The second-order valence-corrected chi connectivity index (χ2v) is 5.03. The van der Waals surface area contributed by atoms with Crippen molar-refractivity contribution in [2.24, 2.45) is 11.8 Å². The second kappa shape index (κ2) is 4.12. The molecule has 3 unspecified atom stereocenters. The molecule has 0 spiro atoms. The number of carbonyl (C=O) groups excluding carboxylic acids is 1. The van der Waals surface area contributed by atoms with E-state index in [9.17, 15) is 9.59 Å². The molecule has 4 nitrogen and oxygen atoms in total. The van der Waals surface area contributed by atoms with Gasteiger partial charge in [0.25, 0.3) is 0 Å². The Morgan fingerprint density at radius 1 is 1.17 bits per heavy atom. The Balaban J connectivity index is 1.68. The van der Waals surface area contributed by atoms with E-state index in [-0.39, 0.29) is 17.9 Å². The van der Waals surface area contributed by atoms with Gasteiger partial charge in [-0.05, 0) is 18.4 Å². The van der Waals surface area contributed by atoms with Crippen LogP contribution in [0.15, 0.2) is 30.3 Å². The van der Waals surface area contributed by atoms with Gasteiger partial charge in [-0.3, -0.25) is 9.59 Å². The molecular weight excluding hydrogens is 230 g/mol. The lowest BCUT2D eigenvalue weighted by atomic mass is 9.94. The van der Waals surface area contributed by atoms with Crippen LogP contribution in [0, 0.1) is 11.8 Å². The number of carbonyl (C=O) groups is 2. The number of carboxylic acid groups (broad SMARTS) is 1. The number of rotatable bonds is 3. The van der Waals surface area contributed by atoms with Gasteiger partial charge in [0.05, 0.1) is 17.9 Å². The smallest absolute Gasteiger partial charge is 0.307 e. The van der Waals surface area contributed by atoms with Crippen molar-refractivity contribution in [2.45, 2.75) is 18.9 Å². The van der Waals surface area contributed by atoms with Gasteiger partial charge in [-0.25, -0.2) is 0 Å². The fourth-order valence-electron chi connectivity index (χ4n) is 2.63. The van der Waals surface area contributed by atoms with Gasteiger partial charge in [0.1, 0.15) is 0 Å². The normalized spacial score (nSPS) is 29.6. The summed E-state index contributed by atoms with van der Waals surface area (Å²) in [4.78, 5) is 24.8. The van der Waals surface area contributed by atoms with Crippen molar-refractivity contribution in [3.63, 3.8) is 0 Å². The second-order valence-electron chi connectivity index (χ2n) is 5.03. The van der Waals surface area contributed by atoms with Gasteiger partial charge in [-0.1, -0.05) is 30.3 Å². The first-order valence-corrected chi connectivity index (χ1v) is 6.26. The molecule has 1 N–H and O–H groups in total. The largest absolute Gasteiger partial charge is 0.481 e. The number of benzene rings is 1. The van der Waals surface area contributed by atoms with Crippen molar-refractivity contribution < 1.29 is 14.7 Å². The monoisotopic (exact) mass is 245 g/mol. The average molecular weight is 245 g/mol. The predicted molar refractivity (Wildman–Crippen MR) is 64.7 cm³/mol. The lowest BCUT2D eigenvalue weighted by molar-refractivity contribution is -0.145. The molecule has 2 aliphatic rings. The third kappa shape index (κ3) is 1.78. The SMILES string of the molecule is O=C(O)C1CC1C(=O)N1CCC1c1ccccc1. The van der Waals surface area contributed by atoms with E-state index in [4.69, 9.17) is 5.11 Å². The molecule has 1 aliphatic carbocycles. The van der Waals surface area contributed by atoms with Crippen LogP contribution in [-0.2, 0) is 9.59 Å². The van der Waals surface area contributed by atoms with Crippen LogP contribution in [0.4, 0.5) is 0 Å². The number of nitrogens with zero attached hydrogens (tertiary/aromatic N) is 1. The van der Waals surface area contributed by atoms with Crippen molar-refractivity contribution in [2.75, 3.05) is 6.54 Å². The Bertz CT molecular complexity index is 485.